The molecule has 180 valence electrons. The molecule has 34 heavy (non-hydrogen) atoms. The second-order valence-corrected chi connectivity index (χ2v) is 11.1. The molecule has 0 spiro atoms. The Morgan fingerprint density at radius 1 is 0.853 bits per heavy atom. The molecule has 3 aromatic rings. The Kier molecular flexibility index (Phi) is 6.65. The van der Waals surface area contributed by atoms with Gasteiger partial charge in [0.15, 0.2) is 0 Å². The van der Waals surface area contributed by atoms with Gasteiger partial charge < -0.3 is 10.6 Å². The first kappa shape index (κ1) is 23.0. The summed E-state index contributed by atoms with van der Waals surface area (Å²) in [7, 11) is -3.84. The maximum absolute atomic E-state index is 13.9. The quantitative estimate of drug-likeness (QED) is 0.414. The van der Waals surface area contributed by atoms with Gasteiger partial charge in [-0.3, -0.25) is 0 Å². The van der Waals surface area contributed by atoms with Gasteiger partial charge in [-0.15, -0.1) is 0 Å². The number of hydrogen-bond donors (Lipinski definition) is 3. The SMILES string of the molecule is O=S(=O)(NC[C@H]1CC[C@H](CNc2nc(NC3CC3)c3ccccc3n2)CC1)c1ccccc1F. The largest absolute Gasteiger partial charge is 0.367 e. The van der Waals surface area contributed by atoms with Crippen LogP contribution in [0.4, 0.5) is 16.2 Å². The van der Waals surface area contributed by atoms with Crippen molar-refractivity contribution in [2.75, 3.05) is 23.7 Å². The third kappa shape index (κ3) is 5.47. The van der Waals surface area contributed by atoms with Crippen LogP contribution in [0.3, 0.4) is 0 Å². The van der Waals surface area contributed by atoms with Crippen LogP contribution >= 0.6 is 0 Å². The molecule has 7 nitrogen and oxygen atoms in total. The van der Waals surface area contributed by atoms with Crippen LogP contribution in [0.25, 0.3) is 10.9 Å². The molecule has 3 N–H and O–H groups in total. The minimum atomic E-state index is -3.84. The Labute approximate surface area is 199 Å². The highest BCUT2D eigenvalue weighted by atomic mass is 32.2. The molecule has 9 heteroatoms. The van der Waals surface area contributed by atoms with E-state index in [4.69, 9.17) is 4.98 Å². The lowest BCUT2D eigenvalue weighted by Gasteiger charge is -2.28. The highest BCUT2D eigenvalue weighted by molar-refractivity contribution is 7.89. The molecule has 2 fully saturated rings. The average Bonchev–Trinajstić information content (AvgIpc) is 3.66. The predicted molar refractivity (Wildman–Crippen MR) is 132 cm³/mol. The van der Waals surface area contributed by atoms with Gasteiger partial charge in [0, 0.05) is 24.5 Å². The molecule has 1 aromatic heterocycles. The van der Waals surface area contributed by atoms with Gasteiger partial charge in [0.1, 0.15) is 16.5 Å². The molecule has 0 aliphatic heterocycles. The molecule has 0 bridgehead atoms. The van der Waals surface area contributed by atoms with Crippen LogP contribution in [0.2, 0.25) is 0 Å². The van der Waals surface area contributed by atoms with Crippen molar-refractivity contribution >= 4 is 32.7 Å². The first-order valence-electron chi connectivity index (χ1n) is 12.0. The summed E-state index contributed by atoms with van der Waals surface area (Å²) in [6.45, 7) is 1.12. The minimum absolute atomic E-state index is 0.254. The summed E-state index contributed by atoms with van der Waals surface area (Å²) >= 11 is 0. The number of para-hydroxylation sites is 1. The highest BCUT2D eigenvalue weighted by Gasteiger charge is 2.25. The first-order chi connectivity index (χ1) is 16.5. The van der Waals surface area contributed by atoms with E-state index in [1.165, 1.54) is 31.0 Å². The van der Waals surface area contributed by atoms with Gasteiger partial charge in [0.2, 0.25) is 16.0 Å². The van der Waals surface area contributed by atoms with E-state index in [0.29, 0.717) is 24.5 Å². The number of nitrogens with one attached hydrogen (secondary N) is 3. The fourth-order valence-corrected chi connectivity index (χ4v) is 5.72. The zero-order valence-corrected chi connectivity index (χ0v) is 19.8. The van der Waals surface area contributed by atoms with Crippen LogP contribution in [0.1, 0.15) is 38.5 Å². The Bertz CT molecular complexity index is 1260. The summed E-state index contributed by atoms with van der Waals surface area (Å²) < 4.78 is 41.3. The van der Waals surface area contributed by atoms with Crippen molar-refractivity contribution in [2.24, 2.45) is 11.8 Å². The molecule has 1 heterocycles. The van der Waals surface area contributed by atoms with E-state index in [1.54, 1.807) is 0 Å². The number of benzene rings is 2. The number of rotatable bonds is 9. The standard InChI is InChI=1S/C25H30FN5O2S/c26-21-6-2-4-8-23(21)34(32,33)28-16-18-11-9-17(10-12-18)15-27-25-30-22-7-3-1-5-20(22)24(31-25)29-19-13-14-19/h1-8,17-19,28H,9-16H2,(H2,27,29,30,31)/t17-,18-. The summed E-state index contributed by atoms with van der Waals surface area (Å²) in [6, 6.07) is 14.0. The van der Waals surface area contributed by atoms with Crippen LogP contribution in [0.5, 0.6) is 0 Å². The van der Waals surface area contributed by atoms with Crippen molar-refractivity contribution in [3.8, 4) is 0 Å². The van der Waals surface area contributed by atoms with E-state index >= 15 is 0 Å². The van der Waals surface area contributed by atoms with Gasteiger partial charge in [-0.2, -0.15) is 4.98 Å². The monoisotopic (exact) mass is 483 g/mol. The Morgan fingerprint density at radius 3 is 2.26 bits per heavy atom. The van der Waals surface area contributed by atoms with Crippen molar-refractivity contribution < 1.29 is 12.8 Å². The second-order valence-electron chi connectivity index (χ2n) is 9.38. The van der Waals surface area contributed by atoms with E-state index in [-0.39, 0.29) is 10.8 Å². The zero-order chi connectivity index (χ0) is 23.5. The molecule has 2 aliphatic rings. The van der Waals surface area contributed by atoms with Crippen molar-refractivity contribution in [3.05, 3.63) is 54.3 Å². The van der Waals surface area contributed by atoms with Crippen molar-refractivity contribution in [1.29, 1.82) is 0 Å². The van der Waals surface area contributed by atoms with E-state index in [0.717, 1.165) is 55.0 Å². The lowest BCUT2D eigenvalue weighted by molar-refractivity contribution is 0.284. The number of fused-ring (bicyclic) bond motifs is 1. The van der Waals surface area contributed by atoms with Gasteiger partial charge in [0.25, 0.3) is 0 Å². The fourth-order valence-electron chi connectivity index (χ4n) is 4.53. The molecule has 2 aliphatic carbocycles. The Morgan fingerprint density at radius 2 is 1.53 bits per heavy atom. The normalized spacial score (nSPS) is 20.9. The van der Waals surface area contributed by atoms with E-state index in [1.807, 2.05) is 24.3 Å². The molecule has 5 rings (SSSR count). The number of aromatic nitrogens is 2. The summed E-state index contributed by atoms with van der Waals surface area (Å²) in [6.07, 6.45) is 6.22. The molecule has 2 aromatic carbocycles. The maximum Gasteiger partial charge on any atom is 0.243 e. The highest BCUT2D eigenvalue weighted by Crippen LogP contribution is 2.31. The number of halogens is 1. The van der Waals surface area contributed by atoms with Crippen LogP contribution < -0.4 is 15.4 Å². The molecule has 2 saturated carbocycles. The van der Waals surface area contributed by atoms with Crippen LogP contribution in [-0.2, 0) is 10.0 Å². The lowest BCUT2D eigenvalue weighted by atomic mass is 9.82. The average molecular weight is 484 g/mol. The van der Waals surface area contributed by atoms with Crippen molar-refractivity contribution in [1.82, 2.24) is 14.7 Å². The summed E-state index contributed by atoms with van der Waals surface area (Å²) in [4.78, 5) is 9.13. The summed E-state index contributed by atoms with van der Waals surface area (Å²) in [5.74, 6) is 1.54. The smallest absolute Gasteiger partial charge is 0.243 e. The van der Waals surface area contributed by atoms with Gasteiger partial charge in [0.05, 0.1) is 5.52 Å². The van der Waals surface area contributed by atoms with Crippen LogP contribution in [0.15, 0.2) is 53.4 Å². The Hall–Kier alpha value is -2.78. The van der Waals surface area contributed by atoms with Gasteiger partial charge in [-0.1, -0.05) is 24.3 Å². The summed E-state index contributed by atoms with van der Waals surface area (Å²) in [5.41, 5.74) is 0.925. The maximum atomic E-state index is 13.9. The van der Waals surface area contributed by atoms with Crippen LogP contribution in [0, 0.1) is 17.7 Å². The second kappa shape index (κ2) is 9.84. The molecule has 0 radical (unpaired) electrons. The van der Waals surface area contributed by atoms with Crippen molar-refractivity contribution in [2.45, 2.75) is 49.5 Å². The number of anilines is 2. The van der Waals surface area contributed by atoms with Gasteiger partial charge in [-0.05, 0) is 74.6 Å². The first-order valence-corrected chi connectivity index (χ1v) is 13.5. The summed E-state index contributed by atoms with van der Waals surface area (Å²) in [5, 5.41) is 7.98. The van der Waals surface area contributed by atoms with Gasteiger partial charge >= 0.3 is 0 Å². The lowest BCUT2D eigenvalue weighted by Crippen LogP contribution is -2.32. The topological polar surface area (TPSA) is 96.0 Å². The molecule has 0 saturated heterocycles. The number of sulfonamides is 1. The number of nitrogens with zero attached hydrogens (tertiary/aromatic N) is 2. The van der Waals surface area contributed by atoms with Crippen LogP contribution in [-0.4, -0.2) is 37.5 Å². The van der Waals surface area contributed by atoms with E-state index < -0.39 is 15.8 Å². The fraction of sp³-hybridized carbons (Fsp3) is 0.440. The van der Waals surface area contributed by atoms with Gasteiger partial charge in [-0.25, -0.2) is 22.5 Å². The molecule has 0 atom stereocenters. The minimum Gasteiger partial charge on any atom is -0.367 e. The number of hydrogen-bond acceptors (Lipinski definition) is 6. The molecular formula is C25H30FN5O2S. The molecular weight excluding hydrogens is 453 g/mol. The van der Waals surface area contributed by atoms with Crippen molar-refractivity contribution in [3.63, 3.8) is 0 Å². The predicted octanol–water partition coefficient (Wildman–Crippen LogP) is 4.54. The third-order valence-corrected chi connectivity index (χ3v) is 8.18. The third-order valence-electron chi connectivity index (χ3n) is 6.72. The zero-order valence-electron chi connectivity index (χ0n) is 19.0. The molecule has 0 amide bonds. The van der Waals surface area contributed by atoms with E-state index in [9.17, 15) is 12.8 Å². The molecule has 0 unspecified atom stereocenters. The Balaban J connectivity index is 1.13. The van der Waals surface area contributed by atoms with E-state index in [2.05, 4.69) is 20.3 Å².